The Labute approximate surface area is 126 Å². The Morgan fingerprint density at radius 3 is 2.76 bits per heavy atom. The molecule has 2 aliphatic heterocycles. The fourth-order valence-corrected chi connectivity index (χ4v) is 2.85. The third-order valence-corrected chi connectivity index (χ3v) is 4.07. The molecule has 0 N–H and O–H groups in total. The van der Waals surface area contributed by atoms with Crippen LogP contribution in [0.25, 0.3) is 0 Å². The second kappa shape index (κ2) is 6.58. The largest absolute Gasteiger partial charge is 0.381 e. The summed E-state index contributed by atoms with van der Waals surface area (Å²) in [4.78, 5) is 13.7. The first-order chi connectivity index (χ1) is 10.2. The number of hydrogen-bond acceptors (Lipinski definition) is 6. The first-order valence-electron chi connectivity index (χ1n) is 7.69. The van der Waals surface area contributed by atoms with Crippen molar-refractivity contribution in [2.75, 3.05) is 62.9 Å². The van der Waals surface area contributed by atoms with Gasteiger partial charge >= 0.3 is 0 Å². The quantitative estimate of drug-likeness (QED) is 0.828. The number of ether oxygens (including phenoxy) is 2. The lowest BCUT2D eigenvalue weighted by atomic mass is 10.1. The van der Waals surface area contributed by atoms with E-state index in [4.69, 9.17) is 14.5 Å². The van der Waals surface area contributed by atoms with Gasteiger partial charge in [-0.25, -0.2) is 4.98 Å². The fourth-order valence-electron chi connectivity index (χ4n) is 2.85. The van der Waals surface area contributed by atoms with Crippen LogP contribution in [0.4, 0.5) is 11.8 Å². The lowest BCUT2D eigenvalue weighted by Crippen LogP contribution is -2.38. The van der Waals surface area contributed by atoms with E-state index in [0.29, 0.717) is 5.92 Å². The first kappa shape index (κ1) is 14.5. The van der Waals surface area contributed by atoms with Crippen LogP contribution in [0.15, 0.2) is 6.07 Å². The molecule has 0 saturated carbocycles. The molecule has 1 aromatic heterocycles. The van der Waals surface area contributed by atoms with Crippen molar-refractivity contribution in [1.82, 2.24) is 9.97 Å². The molecule has 3 rings (SSSR count). The molecule has 0 aliphatic carbocycles. The molecule has 2 fully saturated rings. The minimum atomic E-state index is 0.608. The van der Waals surface area contributed by atoms with Gasteiger partial charge in [0, 0.05) is 51.0 Å². The van der Waals surface area contributed by atoms with E-state index < -0.39 is 0 Å². The highest BCUT2D eigenvalue weighted by Gasteiger charge is 2.20. The van der Waals surface area contributed by atoms with E-state index in [1.807, 2.05) is 6.92 Å². The van der Waals surface area contributed by atoms with Crippen LogP contribution in [-0.2, 0) is 9.47 Å². The molecule has 0 radical (unpaired) electrons. The molecule has 6 nitrogen and oxygen atoms in total. The molecule has 1 atom stereocenters. The standard InChI is InChI=1S/C15H24N4O2/c1-12-9-14(18(2)10-13-3-6-21-11-13)17-15(16-12)19-4-7-20-8-5-19/h9,13H,3-8,10-11H2,1-2H3/t13-/m0/s1. The van der Waals surface area contributed by atoms with Gasteiger partial charge in [-0.15, -0.1) is 0 Å². The highest BCUT2D eigenvalue weighted by molar-refractivity contribution is 5.45. The van der Waals surface area contributed by atoms with Gasteiger partial charge in [0.1, 0.15) is 5.82 Å². The molecule has 0 aromatic carbocycles. The Balaban J connectivity index is 1.73. The Kier molecular flexibility index (Phi) is 4.55. The van der Waals surface area contributed by atoms with Crippen molar-refractivity contribution >= 4 is 11.8 Å². The summed E-state index contributed by atoms with van der Waals surface area (Å²) in [6.45, 7) is 8.00. The second-order valence-corrected chi connectivity index (χ2v) is 5.88. The molecule has 116 valence electrons. The minimum Gasteiger partial charge on any atom is -0.381 e. The third kappa shape index (κ3) is 3.63. The molecule has 2 saturated heterocycles. The number of nitrogens with zero attached hydrogens (tertiary/aromatic N) is 4. The number of rotatable bonds is 4. The van der Waals surface area contributed by atoms with Crippen LogP contribution in [0.5, 0.6) is 0 Å². The molecule has 2 aliphatic rings. The van der Waals surface area contributed by atoms with Crippen molar-refractivity contribution in [3.05, 3.63) is 11.8 Å². The molecule has 0 unspecified atom stereocenters. The smallest absolute Gasteiger partial charge is 0.227 e. The summed E-state index contributed by atoms with van der Waals surface area (Å²) in [5.41, 5.74) is 1.01. The topological polar surface area (TPSA) is 50.7 Å². The fraction of sp³-hybridized carbons (Fsp3) is 0.733. The van der Waals surface area contributed by atoms with Crippen molar-refractivity contribution in [3.63, 3.8) is 0 Å². The SMILES string of the molecule is Cc1cc(N(C)C[C@@H]2CCOC2)nc(N2CCOCC2)n1. The Morgan fingerprint density at radius 2 is 2.05 bits per heavy atom. The van der Waals surface area contributed by atoms with E-state index in [0.717, 1.165) is 69.9 Å². The van der Waals surface area contributed by atoms with Gasteiger partial charge in [0.15, 0.2) is 0 Å². The Hall–Kier alpha value is -1.40. The minimum absolute atomic E-state index is 0.608. The van der Waals surface area contributed by atoms with Crippen LogP contribution in [0.3, 0.4) is 0 Å². The second-order valence-electron chi connectivity index (χ2n) is 5.88. The zero-order chi connectivity index (χ0) is 14.7. The molecular formula is C15H24N4O2. The monoisotopic (exact) mass is 292 g/mol. The summed E-state index contributed by atoms with van der Waals surface area (Å²) in [6.07, 6.45) is 1.14. The van der Waals surface area contributed by atoms with Crippen LogP contribution >= 0.6 is 0 Å². The van der Waals surface area contributed by atoms with Gasteiger partial charge in [-0.1, -0.05) is 0 Å². The molecule has 0 amide bonds. The maximum absolute atomic E-state index is 5.45. The lowest BCUT2D eigenvalue weighted by Gasteiger charge is -2.28. The van der Waals surface area contributed by atoms with Crippen LogP contribution in [0.1, 0.15) is 12.1 Å². The summed E-state index contributed by atoms with van der Waals surface area (Å²) >= 11 is 0. The van der Waals surface area contributed by atoms with Crippen LogP contribution < -0.4 is 9.80 Å². The maximum Gasteiger partial charge on any atom is 0.227 e. The van der Waals surface area contributed by atoms with E-state index in [1.54, 1.807) is 0 Å². The number of hydrogen-bond donors (Lipinski definition) is 0. The predicted octanol–water partition coefficient (Wildman–Crippen LogP) is 1.09. The number of aromatic nitrogens is 2. The average molecular weight is 292 g/mol. The summed E-state index contributed by atoms with van der Waals surface area (Å²) < 4.78 is 10.9. The molecule has 3 heterocycles. The van der Waals surface area contributed by atoms with Crippen molar-refractivity contribution in [2.45, 2.75) is 13.3 Å². The third-order valence-electron chi connectivity index (χ3n) is 4.07. The normalized spacial score (nSPS) is 22.6. The van der Waals surface area contributed by atoms with Gasteiger partial charge < -0.3 is 19.3 Å². The zero-order valence-electron chi connectivity index (χ0n) is 12.9. The summed E-state index contributed by atoms with van der Waals surface area (Å²) in [5.74, 6) is 2.43. The maximum atomic E-state index is 5.45. The molecular weight excluding hydrogens is 268 g/mol. The summed E-state index contributed by atoms with van der Waals surface area (Å²) in [7, 11) is 2.10. The van der Waals surface area contributed by atoms with Gasteiger partial charge in [-0.3, -0.25) is 0 Å². The van der Waals surface area contributed by atoms with Crippen molar-refractivity contribution in [1.29, 1.82) is 0 Å². The molecule has 21 heavy (non-hydrogen) atoms. The Bertz CT molecular complexity index is 471. The van der Waals surface area contributed by atoms with Crippen LogP contribution in [-0.4, -0.2) is 63.1 Å². The van der Waals surface area contributed by atoms with Crippen molar-refractivity contribution < 1.29 is 9.47 Å². The zero-order valence-corrected chi connectivity index (χ0v) is 12.9. The van der Waals surface area contributed by atoms with Crippen LogP contribution in [0.2, 0.25) is 0 Å². The molecule has 6 heteroatoms. The number of morpholine rings is 1. The van der Waals surface area contributed by atoms with E-state index >= 15 is 0 Å². The van der Waals surface area contributed by atoms with E-state index in [2.05, 4.69) is 27.9 Å². The van der Waals surface area contributed by atoms with E-state index in [9.17, 15) is 0 Å². The van der Waals surface area contributed by atoms with E-state index in [1.165, 1.54) is 0 Å². The van der Waals surface area contributed by atoms with Gasteiger partial charge in [0.2, 0.25) is 5.95 Å². The Morgan fingerprint density at radius 1 is 1.24 bits per heavy atom. The highest BCUT2D eigenvalue weighted by Crippen LogP contribution is 2.20. The average Bonchev–Trinajstić information content (AvgIpc) is 3.00. The van der Waals surface area contributed by atoms with Crippen molar-refractivity contribution in [2.24, 2.45) is 5.92 Å². The molecule has 1 aromatic rings. The number of anilines is 2. The predicted molar refractivity (Wildman–Crippen MR) is 82.0 cm³/mol. The lowest BCUT2D eigenvalue weighted by molar-refractivity contribution is 0.122. The van der Waals surface area contributed by atoms with Crippen LogP contribution in [0, 0.1) is 12.8 Å². The number of aryl methyl sites for hydroxylation is 1. The van der Waals surface area contributed by atoms with Gasteiger partial charge in [0.25, 0.3) is 0 Å². The van der Waals surface area contributed by atoms with Crippen molar-refractivity contribution in [3.8, 4) is 0 Å². The first-order valence-corrected chi connectivity index (χ1v) is 7.69. The highest BCUT2D eigenvalue weighted by atomic mass is 16.5. The van der Waals surface area contributed by atoms with Gasteiger partial charge in [0.05, 0.1) is 19.8 Å². The summed E-state index contributed by atoms with van der Waals surface area (Å²) in [5, 5.41) is 0. The molecule has 0 bridgehead atoms. The van der Waals surface area contributed by atoms with E-state index in [-0.39, 0.29) is 0 Å². The molecule has 0 spiro atoms. The van der Waals surface area contributed by atoms with Gasteiger partial charge in [-0.05, 0) is 13.3 Å². The van der Waals surface area contributed by atoms with Gasteiger partial charge in [-0.2, -0.15) is 4.98 Å². The summed E-state index contributed by atoms with van der Waals surface area (Å²) in [6, 6.07) is 2.06.